The molecule has 0 amide bonds. The van der Waals surface area contributed by atoms with E-state index in [0.717, 1.165) is 6.07 Å². The molecule has 0 atom stereocenters. The smallest absolute Gasteiger partial charge is 0.258 e. The fourth-order valence-corrected chi connectivity index (χ4v) is 1.47. The van der Waals surface area contributed by atoms with Crippen molar-refractivity contribution in [2.75, 3.05) is 0 Å². The van der Waals surface area contributed by atoms with Crippen LogP contribution in [0.5, 0.6) is 0 Å². The third kappa shape index (κ3) is 1.44. The van der Waals surface area contributed by atoms with Gasteiger partial charge in [0.2, 0.25) is 0 Å². The molecular weight excluding hydrogens is 214 g/mol. The zero-order chi connectivity index (χ0) is 11.7. The minimum Gasteiger partial charge on any atom is -0.258 e. The van der Waals surface area contributed by atoms with E-state index in [1.165, 1.54) is 24.4 Å². The molecule has 7 heteroatoms. The number of pyridine rings is 1. The van der Waals surface area contributed by atoms with E-state index >= 15 is 0 Å². The van der Waals surface area contributed by atoms with Crippen molar-refractivity contribution in [2.24, 2.45) is 0 Å². The molecule has 0 saturated heterocycles. The standard InChI is InChI=1S/C9H5N3O4/c13-11(14)7-3-1-2-6-9(7)8(12(15)16)4-5-10-6/h1-5H. The van der Waals surface area contributed by atoms with Gasteiger partial charge in [0.05, 0.1) is 15.4 Å². The number of nitro groups is 2. The highest BCUT2D eigenvalue weighted by Crippen LogP contribution is 2.31. The molecule has 1 aromatic heterocycles. The van der Waals surface area contributed by atoms with Gasteiger partial charge in [0.25, 0.3) is 11.4 Å². The number of nitro benzene ring substituents is 1. The number of hydrogen-bond acceptors (Lipinski definition) is 5. The number of nitrogens with zero attached hydrogens (tertiary/aromatic N) is 3. The summed E-state index contributed by atoms with van der Waals surface area (Å²) < 4.78 is 0. The molecule has 7 nitrogen and oxygen atoms in total. The van der Waals surface area contributed by atoms with E-state index in [9.17, 15) is 20.2 Å². The van der Waals surface area contributed by atoms with Crippen LogP contribution in [-0.4, -0.2) is 14.8 Å². The number of benzene rings is 1. The lowest BCUT2D eigenvalue weighted by Gasteiger charge is -1.99. The van der Waals surface area contributed by atoms with Crippen LogP contribution in [0.25, 0.3) is 10.9 Å². The molecule has 0 unspecified atom stereocenters. The Labute approximate surface area is 88.6 Å². The quantitative estimate of drug-likeness (QED) is 0.568. The molecule has 1 heterocycles. The van der Waals surface area contributed by atoms with Crippen molar-refractivity contribution in [3.63, 3.8) is 0 Å². The predicted molar refractivity (Wildman–Crippen MR) is 55.1 cm³/mol. The second-order valence-corrected chi connectivity index (χ2v) is 3.02. The van der Waals surface area contributed by atoms with Crippen molar-refractivity contribution < 1.29 is 9.85 Å². The molecule has 2 aromatic rings. The summed E-state index contributed by atoms with van der Waals surface area (Å²) in [5.74, 6) is 0. The van der Waals surface area contributed by atoms with Crippen LogP contribution in [0.2, 0.25) is 0 Å². The molecule has 16 heavy (non-hydrogen) atoms. The first kappa shape index (κ1) is 9.97. The maximum absolute atomic E-state index is 10.7. The van der Waals surface area contributed by atoms with E-state index in [1.54, 1.807) is 0 Å². The van der Waals surface area contributed by atoms with Crippen LogP contribution in [0.15, 0.2) is 30.5 Å². The number of aromatic nitrogens is 1. The molecule has 80 valence electrons. The molecule has 0 aliphatic rings. The highest BCUT2D eigenvalue weighted by Gasteiger charge is 2.21. The van der Waals surface area contributed by atoms with Gasteiger partial charge >= 0.3 is 0 Å². The number of non-ortho nitro benzene ring substituents is 1. The molecule has 2 rings (SSSR count). The Kier molecular flexibility index (Phi) is 2.20. The second-order valence-electron chi connectivity index (χ2n) is 3.02. The predicted octanol–water partition coefficient (Wildman–Crippen LogP) is 2.05. The molecule has 1 aromatic carbocycles. The van der Waals surface area contributed by atoms with Crippen molar-refractivity contribution in [2.45, 2.75) is 0 Å². The van der Waals surface area contributed by atoms with Crippen LogP contribution < -0.4 is 0 Å². The highest BCUT2D eigenvalue weighted by molar-refractivity contribution is 5.95. The second kappa shape index (κ2) is 3.54. The van der Waals surface area contributed by atoms with Gasteiger partial charge in [-0.15, -0.1) is 0 Å². The Morgan fingerprint density at radius 3 is 2.25 bits per heavy atom. The van der Waals surface area contributed by atoms with Gasteiger partial charge in [-0.25, -0.2) is 0 Å². The Morgan fingerprint density at radius 2 is 1.62 bits per heavy atom. The van der Waals surface area contributed by atoms with E-state index in [4.69, 9.17) is 0 Å². The van der Waals surface area contributed by atoms with Crippen LogP contribution in [-0.2, 0) is 0 Å². The fraction of sp³-hybridized carbons (Fsp3) is 0. The van der Waals surface area contributed by atoms with E-state index in [0.29, 0.717) is 0 Å². The lowest BCUT2D eigenvalue weighted by molar-refractivity contribution is -0.390. The monoisotopic (exact) mass is 219 g/mol. The summed E-state index contributed by atoms with van der Waals surface area (Å²) in [6.07, 6.45) is 1.25. The third-order valence-electron chi connectivity index (χ3n) is 2.12. The summed E-state index contributed by atoms with van der Waals surface area (Å²) in [5.41, 5.74) is -0.377. The highest BCUT2D eigenvalue weighted by atomic mass is 16.6. The summed E-state index contributed by atoms with van der Waals surface area (Å²) >= 11 is 0. The average Bonchev–Trinajstić information content (AvgIpc) is 2.27. The zero-order valence-electron chi connectivity index (χ0n) is 7.86. The first-order valence-electron chi connectivity index (χ1n) is 4.28. The van der Waals surface area contributed by atoms with Gasteiger partial charge in [-0.05, 0) is 6.07 Å². The van der Waals surface area contributed by atoms with Crippen molar-refractivity contribution >= 4 is 22.3 Å². The zero-order valence-corrected chi connectivity index (χ0v) is 7.86. The Balaban J connectivity index is 2.92. The largest absolute Gasteiger partial charge is 0.287 e. The van der Waals surface area contributed by atoms with Gasteiger partial charge in [-0.1, -0.05) is 6.07 Å². The average molecular weight is 219 g/mol. The van der Waals surface area contributed by atoms with Crippen LogP contribution >= 0.6 is 0 Å². The SMILES string of the molecule is O=[N+]([O-])c1cccc2nccc([N+](=O)[O-])c12. The lowest BCUT2D eigenvalue weighted by Crippen LogP contribution is -1.95. The van der Waals surface area contributed by atoms with Gasteiger partial charge in [0.15, 0.2) is 5.39 Å². The van der Waals surface area contributed by atoms with Crippen molar-refractivity contribution in [1.29, 1.82) is 0 Å². The molecule has 0 radical (unpaired) electrons. The molecular formula is C9H5N3O4. The van der Waals surface area contributed by atoms with Crippen molar-refractivity contribution in [3.05, 3.63) is 50.7 Å². The van der Waals surface area contributed by atoms with Gasteiger partial charge in [-0.3, -0.25) is 25.2 Å². The van der Waals surface area contributed by atoms with E-state index in [-0.39, 0.29) is 22.3 Å². The summed E-state index contributed by atoms with van der Waals surface area (Å²) in [6, 6.07) is 5.30. The molecule has 0 spiro atoms. The maximum Gasteiger partial charge on any atom is 0.287 e. The Hall–Kier alpha value is -2.57. The van der Waals surface area contributed by atoms with Crippen LogP contribution in [0.3, 0.4) is 0 Å². The van der Waals surface area contributed by atoms with Crippen LogP contribution in [0.1, 0.15) is 0 Å². The number of fused-ring (bicyclic) bond motifs is 1. The first-order chi connectivity index (χ1) is 7.61. The maximum atomic E-state index is 10.7. The summed E-state index contributed by atoms with van der Waals surface area (Å²) in [4.78, 5) is 24.0. The minimum absolute atomic E-state index is 0.0417. The van der Waals surface area contributed by atoms with E-state index in [2.05, 4.69) is 4.98 Å². The molecule has 0 fully saturated rings. The fourth-order valence-electron chi connectivity index (χ4n) is 1.47. The van der Waals surface area contributed by atoms with Crippen molar-refractivity contribution in [1.82, 2.24) is 4.98 Å². The van der Waals surface area contributed by atoms with E-state index < -0.39 is 9.85 Å². The van der Waals surface area contributed by atoms with Gasteiger partial charge in [0.1, 0.15) is 0 Å². The summed E-state index contributed by atoms with van der Waals surface area (Å²) in [7, 11) is 0. The Morgan fingerprint density at radius 1 is 1.00 bits per heavy atom. The van der Waals surface area contributed by atoms with Crippen molar-refractivity contribution in [3.8, 4) is 0 Å². The van der Waals surface area contributed by atoms with E-state index in [1.807, 2.05) is 0 Å². The Bertz CT molecular complexity index is 548. The summed E-state index contributed by atoms with van der Waals surface area (Å²) in [5, 5.41) is 21.4. The molecule has 0 bridgehead atoms. The number of hydrogen-bond donors (Lipinski definition) is 0. The molecule has 0 aliphatic carbocycles. The topological polar surface area (TPSA) is 99.2 Å². The normalized spacial score (nSPS) is 10.2. The van der Waals surface area contributed by atoms with Crippen LogP contribution in [0.4, 0.5) is 11.4 Å². The minimum atomic E-state index is -0.656. The molecule has 0 aliphatic heterocycles. The summed E-state index contributed by atoms with van der Waals surface area (Å²) in [6.45, 7) is 0. The molecule has 0 N–H and O–H groups in total. The lowest BCUT2D eigenvalue weighted by atomic mass is 10.1. The van der Waals surface area contributed by atoms with Gasteiger partial charge in [0, 0.05) is 18.3 Å². The third-order valence-corrected chi connectivity index (χ3v) is 2.12. The van der Waals surface area contributed by atoms with Crippen LogP contribution in [0, 0.1) is 20.2 Å². The van der Waals surface area contributed by atoms with Gasteiger partial charge < -0.3 is 0 Å². The first-order valence-corrected chi connectivity index (χ1v) is 4.28. The number of rotatable bonds is 2. The molecule has 0 saturated carbocycles. The van der Waals surface area contributed by atoms with Gasteiger partial charge in [-0.2, -0.15) is 0 Å².